The van der Waals surface area contributed by atoms with Crippen LogP contribution in [0, 0.1) is 11.8 Å². The molecule has 0 fully saturated rings. The molecule has 0 saturated heterocycles. The number of allylic oxidation sites excluding steroid dienone is 2. The monoisotopic (exact) mass is 751 g/mol. The standard InChI is InChI=1S/C44H53N3O8/c1-28(47(5)43(52)55-44(2,3)4)40(49)46-38(26-29-20-24-33(25-21-29)54-27-30-18-22-32(23-19-30)42(51)53-6)39(48)35-15-9-10-16-36(35)41(50)45-37-17-11-13-31-12-7-8-14-34(31)37/h7-10,12,14,18-25,28,35-38H,11,13,15-17,26-27H2,1-6H3,(H,45,50)(H,46,49)/t28-,35+,36-,37+,38-/m0/s1. The summed E-state index contributed by atoms with van der Waals surface area (Å²) in [5.41, 5.74) is 3.68. The van der Waals surface area contributed by atoms with Crippen LogP contribution in [-0.4, -0.2) is 66.4 Å². The van der Waals surface area contributed by atoms with Crippen molar-refractivity contribution in [3.8, 4) is 5.75 Å². The van der Waals surface area contributed by atoms with Gasteiger partial charge in [0.05, 0.1) is 30.7 Å². The van der Waals surface area contributed by atoms with E-state index in [1.165, 1.54) is 24.6 Å². The van der Waals surface area contributed by atoms with Gasteiger partial charge in [0.1, 0.15) is 24.0 Å². The van der Waals surface area contributed by atoms with E-state index in [0.29, 0.717) is 24.2 Å². The number of carbonyl (C=O) groups is 5. The van der Waals surface area contributed by atoms with Gasteiger partial charge in [-0.05, 0) is 113 Å². The molecule has 2 aliphatic carbocycles. The minimum Gasteiger partial charge on any atom is -0.489 e. The van der Waals surface area contributed by atoms with E-state index in [4.69, 9.17) is 14.2 Å². The van der Waals surface area contributed by atoms with Gasteiger partial charge in [0.25, 0.3) is 0 Å². The first-order valence-corrected chi connectivity index (χ1v) is 19.0. The third-order valence-corrected chi connectivity index (χ3v) is 10.3. The summed E-state index contributed by atoms with van der Waals surface area (Å²) in [6, 6.07) is 20.3. The molecule has 2 aliphatic rings. The third kappa shape index (κ3) is 10.8. The summed E-state index contributed by atoms with van der Waals surface area (Å²) in [5, 5.41) is 6.19. The Labute approximate surface area is 323 Å². The van der Waals surface area contributed by atoms with E-state index in [9.17, 15) is 24.0 Å². The number of carbonyl (C=O) groups excluding carboxylic acids is 5. The molecule has 11 heteroatoms. The van der Waals surface area contributed by atoms with Gasteiger partial charge in [-0.15, -0.1) is 0 Å². The fourth-order valence-electron chi connectivity index (χ4n) is 7.02. The first kappa shape index (κ1) is 40.7. The number of nitrogens with zero attached hydrogens (tertiary/aromatic N) is 1. The van der Waals surface area contributed by atoms with E-state index in [-0.39, 0.29) is 30.8 Å². The number of aryl methyl sites for hydroxylation is 1. The van der Waals surface area contributed by atoms with Crippen LogP contribution in [0.2, 0.25) is 0 Å². The molecule has 3 aromatic carbocycles. The largest absolute Gasteiger partial charge is 0.489 e. The summed E-state index contributed by atoms with van der Waals surface area (Å²) in [7, 11) is 2.82. The van der Waals surface area contributed by atoms with Gasteiger partial charge in [-0.2, -0.15) is 0 Å². The van der Waals surface area contributed by atoms with Gasteiger partial charge in [0, 0.05) is 13.0 Å². The highest BCUT2D eigenvalue weighted by Gasteiger charge is 2.39. The van der Waals surface area contributed by atoms with E-state index in [2.05, 4.69) is 22.8 Å². The summed E-state index contributed by atoms with van der Waals surface area (Å²) in [6.45, 7) is 7.09. The number of rotatable bonds is 13. The van der Waals surface area contributed by atoms with Crippen molar-refractivity contribution in [2.24, 2.45) is 11.8 Å². The van der Waals surface area contributed by atoms with Crippen LogP contribution in [0.4, 0.5) is 4.79 Å². The highest BCUT2D eigenvalue weighted by molar-refractivity contribution is 5.96. The molecule has 0 spiro atoms. The SMILES string of the molecule is COC(=O)c1ccc(COc2ccc(C[C@H](NC(=O)[C@H](C)N(C)C(=O)OC(C)(C)C)C(=O)[C@@H]3CC=CC[C@@H]3C(=O)N[C@@H]3CCCc4ccccc43)cc2)cc1. The molecule has 5 rings (SSSR count). The van der Waals surface area contributed by atoms with Crippen LogP contribution in [-0.2, 0) is 43.3 Å². The van der Waals surface area contributed by atoms with Crippen LogP contribution >= 0.6 is 0 Å². The van der Waals surface area contributed by atoms with Crippen LogP contribution in [0.25, 0.3) is 0 Å². The average Bonchev–Trinajstić information content (AvgIpc) is 3.18. The molecular formula is C44H53N3O8. The highest BCUT2D eigenvalue weighted by Crippen LogP contribution is 2.33. The minimum atomic E-state index is -0.982. The summed E-state index contributed by atoms with van der Waals surface area (Å²) >= 11 is 0. The van der Waals surface area contributed by atoms with Crippen molar-refractivity contribution in [3.63, 3.8) is 0 Å². The Morgan fingerprint density at radius 1 is 0.873 bits per heavy atom. The fraction of sp³-hybridized carbons (Fsp3) is 0.432. The first-order chi connectivity index (χ1) is 26.2. The Kier molecular flexibility index (Phi) is 13.5. The number of amides is 3. The number of esters is 1. The topological polar surface area (TPSA) is 140 Å². The summed E-state index contributed by atoms with van der Waals surface area (Å²) < 4.78 is 16.2. The second-order valence-electron chi connectivity index (χ2n) is 15.4. The number of fused-ring (bicyclic) bond motifs is 1. The Balaban J connectivity index is 1.32. The van der Waals surface area contributed by atoms with Crippen LogP contribution in [0.3, 0.4) is 0 Å². The van der Waals surface area contributed by atoms with Gasteiger partial charge in [0.15, 0.2) is 5.78 Å². The number of nitrogens with one attached hydrogen (secondary N) is 2. The zero-order valence-electron chi connectivity index (χ0n) is 32.6. The van der Waals surface area contributed by atoms with Gasteiger partial charge in [0.2, 0.25) is 11.8 Å². The van der Waals surface area contributed by atoms with E-state index < -0.39 is 47.5 Å². The van der Waals surface area contributed by atoms with Crippen molar-refractivity contribution in [2.45, 2.75) is 96.6 Å². The Hall–Kier alpha value is -5.45. The number of hydrogen-bond donors (Lipinski definition) is 2. The second-order valence-corrected chi connectivity index (χ2v) is 15.4. The predicted molar refractivity (Wildman–Crippen MR) is 208 cm³/mol. The zero-order valence-corrected chi connectivity index (χ0v) is 32.6. The van der Waals surface area contributed by atoms with E-state index in [1.807, 2.05) is 36.4 Å². The Bertz CT molecular complexity index is 1860. The molecule has 0 unspecified atom stereocenters. The van der Waals surface area contributed by atoms with Gasteiger partial charge >= 0.3 is 12.1 Å². The second kappa shape index (κ2) is 18.3. The van der Waals surface area contributed by atoms with E-state index in [0.717, 1.165) is 36.0 Å². The summed E-state index contributed by atoms with van der Waals surface area (Å²) in [4.78, 5) is 68.1. The maximum absolute atomic E-state index is 14.6. The molecule has 0 bridgehead atoms. The highest BCUT2D eigenvalue weighted by atomic mass is 16.6. The van der Waals surface area contributed by atoms with Crippen LogP contribution in [0.15, 0.2) is 84.9 Å². The van der Waals surface area contributed by atoms with Gasteiger partial charge in [-0.25, -0.2) is 9.59 Å². The maximum Gasteiger partial charge on any atom is 0.410 e. The lowest BCUT2D eigenvalue weighted by Gasteiger charge is -2.33. The smallest absolute Gasteiger partial charge is 0.410 e. The molecule has 0 aromatic heterocycles. The minimum absolute atomic E-state index is 0.126. The number of benzene rings is 3. The van der Waals surface area contributed by atoms with E-state index >= 15 is 0 Å². The summed E-state index contributed by atoms with van der Waals surface area (Å²) in [6.07, 6.45) is 6.91. The maximum atomic E-state index is 14.6. The van der Waals surface area contributed by atoms with Crippen molar-refractivity contribution >= 4 is 29.7 Å². The van der Waals surface area contributed by atoms with Gasteiger partial charge in [-0.1, -0.05) is 60.7 Å². The van der Waals surface area contributed by atoms with Crippen molar-refractivity contribution < 1.29 is 38.2 Å². The van der Waals surface area contributed by atoms with Crippen LogP contribution in [0.5, 0.6) is 5.75 Å². The Morgan fingerprint density at radius 2 is 1.53 bits per heavy atom. The predicted octanol–water partition coefficient (Wildman–Crippen LogP) is 6.68. The number of ketones is 1. The number of ether oxygens (including phenoxy) is 3. The fourth-order valence-corrected chi connectivity index (χ4v) is 7.02. The van der Waals surface area contributed by atoms with Crippen molar-refractivity contribution in [1.82, 2.24) is 15.5 Å². The number of methoxy groups -OCH3 is 1. The lowest BCUT2D eigenvalue weighted by atomic mass is 9.76. The molecule has 55 heavy (non-hydrogen) atoms. The van der Waals surface area contributed by atoms with Gasteiger partial charge in [-0.3, -0.25) is 19.3 Å². The molecule has 11 nitrogen and oxygen atoms in total. The first-order valence-electron chi connectivity index (χ1n) is 19.0. The number of likely N-dealkylation sites (N-methyl/N-ethyl adjacent to an activating group) is 1. The lowest BCUT2D eigenvalue weighted by Crippen LogP contribution is -2.54. The molecule has 3 aromatic rings. The molecule has 2 N–H and O–H groups in total. The zero-order chi connectivity index (χ0) is 39.7. The van der Waals surface area contributed by atoms with Gasteiger partial charge < -0.3 is 24.8 Å². The average molecular weight is 752 g/mol. The van der Waals surface area contributed by atoms with Crippen LogP contribution in [0.1, 0.15) is 92.0 Å². The molecule has 5 atom stereocenters. The van der Waals surface area contributed by atoms with Crippen LogP contribution < -0.4 is 15.4 Å². The van der Waals surface area contributed by atoms with E-state index in [1.54, 1.807) is 64.1 Å². The molecule has 0 aliphatic heterocycles. The molecule has 0 saturated carbocycles. The lowest BCUT2D eigenvalue weighted by molar-refractivity contribution is -0.137. The molecule has 0 heterocycles. The molecule has 292 valence electrons. The van der Waals surface area contributed by atoms with Crippen molar-refractivity contribution in [2.75, 3.05) is 14.2 Å². The van der Waals surface area contributed by atoms with Crippen molar-refractivity contribution in [1.29, 1.82) is 0 Å². The molecule has 3 amide bonds. The molecule has 0 radical (unpaired) electrons. The summed E-state index contributed by atoms with van der Waals surface area (Å²) in [5.74, 6) is -2.02. The quantitative estimate of drug-likeness (QED) is 0.146. The normalized spacial score (nSPS) is 18.8. The Morgan fingerprint density at radius 3 is 2.20 bits per heavy atom. The van der Waals surface area contributed by atoms with Crippen molar-refractivity contribution in [3.05, 3.63) is 113 Å². The number of hydrogen-bond acceptors (Lipinski definition) is 8. The number of Topliss-reactive ketones (excluding diaryl/α,β-unsaturated/α-hetero) is 1. The third-order valence-electron chi connectivity index (χ3n) is 10.3. The molecular weight excluding hydrogens is 698 g/mol.